The number of aromatic nitrogens is 1. The highest BCUT2D eigenvalue weighted by Crippen LogP contribution is 2.34. The minimum Gasteiger partial charge on any atom is -0.490 e. The summed E-state index contributed by atoms with van der Waals surface area (Å²) in [7, 11) is 0. The largest absolute Gasteiger partial charge is 0.490 e. The predicted molar refractivity (Wildman–Crippen MR) is 73.5 cm³/mol. The molecule has 1 aromatic heterocycles. The van der Waals surface area contributed by atoms with Crippen LogP contribution in [0, 0.1) is 0 Å². The third-order valence-corrected chi connectivity index (χ3v) is 3.16. The summed E-state index contributed by atoms with van der Waals surface area (Å²) in [5.74, 6) is 0.378. The van der Waals surface area contributed by atoms with Gasteiger partial charge in [-0.3, -0.25) is 14.6 Å². The van der Waals surface area contributed by atoms with Crippen LogP contribution in [0.4, 0.5) is 5.69 Å². The Labute approximate surface area is 115 Å². The van der Waals surface area contributed by atoms with Gasteiger partial charge < -0.3 is 10.1 Å². The molecule has 0 saturated heterocycles. The molecule has 0 radical (unpaired) electrons. The highest BCUT2D eigenvalue weighted by molar-refractivity contribution is 6.16. The Balaban J connectivity index is 2.16. The second-order valence-electron chi connectivity index (χ2n) is 4.36. The second kappa shape index (κ2) is 5.13. The third kappa shape index (κ3) is 2.03. The molecule has 0 bridgehead atoms. The molecule has 1 N–H and O–H groups in total. The lowest BCUT2D eigenvalue weighted by Crippen LogP contribution is -2.21. The first-order valence-corrected chi connectivity index (χ1v) is 6.25. The molecular formula is C15H12N2O3. The van der Waals surface area contributed by atoms with Crippen LogP contribution in [0.1, 0.15) is 26.3 Å². The van der Waals surface area contributed by atoms with Crippen LogP contribution in [0.2, 0.25) is 0 Å². The number of carbonyl (C=O) groups is 2. The standard InChI is InChI=1S/C15H12N2O3/c18-9-11-1-2-12-14(17-7-8-20-12)13(11)15(19)10-3-5-16-6-4-10/h1-6,9,17H,7-8H2. The van der Waals surface area contributed by atoms with Crippen molar-refractivity contribution in [2.24, 2.45) is 0 Å². The van der Waals surface area contributed by atoms with E-state index in [1.54, 1.807) is 36.7 Å². The number of nitrogens with one attached hydrogen (secondary N) is 1. The zero-order chi connectivity index (χ0) is 13.9. The monoisotopic (exact) mass is 268 g/mol. The van der Waals surface area contributed by atoms with Crippen molar-refractivity contribution in [3.05, 3.63) is 53.3 Å². The van der Waals surface area contributed by atoms with Gasteiger partial charge in [-0.25, -0.2) is 0 Å². The Morgan fingerprint density at radius 3 is 2.80 bits per heavy atom. The molecule has 5 nitrogen and oxygen atoms in total. The molecule has 0 aliphatic carbocycles. The van der Waals surface area contributed by atoms with Crippen LogP contribution >= 0.6 is 0 Å². The van der Waals surface area contributed by atoms with E-state index >= 15 is 0 Å². The summed E-state index contributed by atoms with van der Waals surface area (Å²) >= 11 is 0. The second-order valence-corrected chi connectivity index (χ2v) is 4.36. The summed E-state index contributed by atoms with van der Waals surface area (Å²) in [6.45, 7) is 1.14. The first kappa shape index (κ1) is 12.3. The van der Waals surface area contributed by atoms with Gasteiger partial charge in [-0.2, -0.15) is 0 Å². The maximum absolute atomic E-state index is 12.6. The number of hydrogen-bond acceptors (Lipinski definition) is 5. The van der Waals surface area contributed by atoms with E-state index in [9.17, 15) is 9.59 Å². The summed E-state index contributed by atoms with van der Waals surface area (Å²) in [5, 5.41) is 3.14. The number of rotatable bonds is 3. The molecule has 20 heavy (non-hydrogen) atoms. The number of nitrogens with zero attached hydrogens (tertiary/aromatic N) is 1. The Hall–Kier alpha value is -2.69. The van der Waals surface area contributed by atoms with Crippen molar-refractivity contribution in [2.45, 2.75) is 0 Å². The lowest BCUT2D eigenvalue weighted by Gasteiger charge is -2.22. The van der Waals surface area contributed by atoms with E-state index in [-0.39, 0.29) is 5.78 Å². The minimum absolute atomic E-state index is 0.218. The van der Waals surface area contributed by atoms with Gasteiger partial charge in [-0.15, -0.1) is 0 Å². The van der Waals surface area contributed by atoms with Gasteiger partial charge in [0.05, 0.1) is 11.3 Å². The molecule has 2 aromatic rings. The van der Waals surface area contributed by atoms with Gasteiger partial charge in [0.25, 0.3) is 0 Å². The smallest absolute Gasteiger partial charge is 0.196 e. The van der Waals surface area contributed by atoms with Crippen LogP contribution in [-0.4, -0.2) is 30.2 Å². The van der Waals surface area contributed by atoms with Crippen molar-refractivity contribution < 1.29 is 14.3 Å². The van der Waals surface area contributed by atoms with Crippen molar-refractivity contribution in [3.63, 3.8) is 0 Å². The Morgan fingerprint density at radius 1 is 1.25 bits per heavy atom. The van der Waals surface area contributed by atoms with E-state index in [1.165, 1.54) is 0 Å². The Bertz CT molecular complexity index is 668. The maximum Gasteiger partial charge on any atom is 0.196 e. The normalized spacial score (nSPS) is 12.8. The van der Waals surface area contributed by atoms with Gasteiger partial charge in [0.1, 0.15) is 12.4 Å². The zero-order valence-corrected chi connectivity index (χ0v) is 10.6. The number of aldehydes is 1. The highest BCUT2D eigenvalue weighted by atomic mass is 16.5. The Morgan fingerprint density at radius 2 is 2.05 bits per heavy atom. The number of pyridine rings is 1. The number of ether oxygens (including phenoxy) is 1. The van der Waals surface area contributed by atoms with Crippen molar-refractivity contribution in [1.82, 2.24) is 4.98 Å². The van der Waals surface area contributed by atoms with Crippen LogP contribution in [-0.2, 0) is 0 Å². The van der Waals surface area contributed by atoms with Gasteiger partial charge >= 0.3 is 0 Å². The lowest BCUT2D eigenvalue weighted by molar-refractivity contribution is 0.102. The van der Waals surface area contributed by atoms with E-state index in [0.29, 0.717) is 47.6 Å². The van der Waals surface area contributed by atoms with Crippen LogP contribution in [0.25, 0.3) is 0 Å². The zero-order valence-electron chi connectivity index (χ0n) is 10.6. The maximum atomic E-state index is 12.6. The molecule has 2 heterocycles. The molecule has 5 heteroatoms. The van der Waals surface area contributed by atoms with Crippen LogP contribution in [0.5, 0.6) is 5.75 Å². The quantitative estimate of drug-likeness (QED) is 0.680. The van der Waals surface area contributed by atoms with E-state index in [0.717, 1.165) is 0 Å². The number of ketones is 1. The first-order chi connectivity index (χ1) is 9.81. The van der Waals surface area contributed by atoms with Gasteiger partial charge in [0.15, 0.2) is 12.1 Å². The molecule has 1 aromatic carbocycles. The molecule has 1 aliphatic heterocycles. The van der Waals surface area contributed by atoms with Gasteiger partial charge in [-0.05, 0) is 24.3 Å². The van der Waals surface area contributed by atoms with Crippen molar-refractivity contribution in [2.75, 3.05) is 18.5 Å². The fraction of sp³-hybridized carbons (Fsp3) is 0.133. The number of benzene rings is 1. The third-order valence-electron chi connectivity index (χ3n) is 3.16. The van der Waals surface area contributed by atoms with Gasteiger partial charge in [0, 0.05) is 30.1 Å². The molecule has 0 saturated carbocycles. The average molecular weight is 268 g/mol. The predicted octanol–water partition coefficient (Wildman–Crippen LogP) is 1.93. The minimum atomic E-state index is -0.218. The molecule has 100 valence electrons. The average Bonchev–Trinajstić information content (AvgIpc) is 2.54. The van der Waals surface area contributed by atoms with Crippen molar-refractivity contribution in [3.8, 4) is 5.75 Å². The fourth-order valence-electron chi connectivity index (χ4n) is 2.22. The van der Waals surface area contributed by atoms with Crippen molar-refractivity contribution >= 4 is 17.8 Å². The number of anilines is 1. The van der Waals surface area contributed by atoms with E-state index in [1.807, 2.05) is 0 Å². The van der Waals surface area contributed by atoms with E-state index in [4.69, 9.17) is 4.74 Å². The first-order valence-electron chi connectivity index (χ1n) is 6.25. The lowest BCUT2D eigenvalue weighted by atomic mass is 9.96. The van der Waals surface area contributed by atoms with Crippen LogP contribution in [0.3, 0.4) is 0 Å². The molecular weight excluding hydrogens is 256 g/mol. The number of fused-ring (bicyclic) bond motifs is 1. The summed E-state index contributed by atoms with van der Waals surface area (Å²) in [6.07, 6.45) is 3.78. The van der Waals surface area contributed by atoms with E-state index in [2.05, 4.69) is 10.3 Å². The molecule has 0 unspecified atom stereocenters. The number of carbonyl (C=O) groups excluding carboxylic acids is 2. The summed E-state index contributed by atoms with van der Waals surface area (Å²) in [5.41, 5.74) is 1.78. The molecule has 0 atom stereocenters. The van der Waals surface area contributed by atoms with E-state index < -0.39 is 0 Å². The number of hydrogen-bond donors (Lipinski definition) is 1. The molecule has 0 amide bonds. The van der Waals surface area contributed by atoms with Crippen LogP contribution in [0.15, 0.2) is 36.7 Å². The van der Waals surface area contributed by atoms with Crippen LogP contribution < -0.4 is 10.1 Å². The molecule has 0 fully saturated rings. The summed E-state index contributed by atoms with van der Waals surface area (Å²) in [6, 6.07) is 6.56. The summed E-state index contributed by atoms with van der Waals surface area (Å²) < 4.78 is 5.51. The Kier molecular flexibility index (Phi) is 3.16. The summed E-state index contributed by atoms with van der Waals surface area (Å²) in [4.78, 5) is 27.7. The molecule has 1 aliphatic rings. The molecule has 0 spiro atoms. The molecule has 3 rings (SSSR count). The van der Waals surface area contributed by atoms with Gasteiger partial charge in [0.2, 0.25) is 0 Å². The van der Waals surface area contributed by atoms with Crippen molar-refractivity contribution in [1.29, 1.82) is 0 Å². The highest BCUT2D eigenvalue weighted by Gasteiger charge is 2.23. The van der Waals surface area contributed by atoms with Gasteiger partial charge in [-0.1, -0.05) is 0 Å². The SMILES string of the molecule is O=Cc1ccc2c(c1C(=O)c1ccncc1)NCCO2. The fourth-order valence-corrected chi connectivity index (χ4v) is 2.22. The topological polar surface area (TPSA) is 68.3 Å².